The molecule has 0 heterocycles. The first-order valence-corrected chi connectivity index (χ1v) is 5.92. The largest absolute Gasteiger partial charge is 0.313 e. The zero-order valence-corrected chi connectivity index (χ0v) is 10.7. The Kier molecular flexibility index (Phi) is 4.63. The van der Waals surface area contributed by atoms with Crippen LogP contribution in [0.1, 0.15) is 36.9 Å². The van der Waals surface area contributed by atoms with E-state index >= 15 is 0 Å². The second-order valence-corrected chi connectivity index (χ2v) is 4.44. The van der Waals surface area contributed by atoms with Crippen molar-refractivity contribution in [3.63, 3.8) is 0 Å². The zero-order valence-electron chi connectivity index (χ0n) is 9.10. The molecule has 78 valence electrons. The minimum Gasteiger partial charge on any atom is -0.313 e. The van der Waals surface area contributed by atoms with Crippen LogP contribution < -0.4 is 5.32 Å². The normalized spacial score (nSPS) is 12.9. The molecule has 1 nitrogen and oxygen atoms in total. The van der Waals surface area contributed by atoms with Crippen LogP contribution in [-0.4, -0.2) is 7.05 Å². The number of benzene rings is 1. The van der Waals surface area contributed by atoms with E-state index in [0.29, 0.717) is 6.04 Å². The highest BCUT2D eigenvalue weighted by Crippen LogP contribution is 2.26. The lowest BCUT2D eigenvalue weighted by Gasteiger charge is -2.18. The molecule has 1 N–H and O–H groups in total. The summed E-state index contributed by atoms with van der Waals surface area (Å²) in [5, 5.41) is 3.37. The van der Waals surface area contributed by atoms with Crippen molar-refractivity contribution < 1.29 is 0 Å². The Hall–Kier alpha value is -0.340. The van der Waals surface area contributed by atoms with Gasteiger partial charge in [-0.05, 0) is 37.6 Å². The lowest BCUT2D eigenvalue weighted by atomic mass is 9.98. The van der Waals surface area contributed by atoms with Crippen LogP contribution >= 0.6 is 15.9 Å². The van der Waals surface area contributed by atoms with E-state index in [1.165, 1.54) is 28.4 Å². The van der Waals surface area contributed by atoms with Crippen LogP contribution in [0.3, 0.4) is 0 Å². The van der Waals surface area contributed by atoms with Gasteiger partial charge in [0.15, 0.2) is 0 Å². The van der Waals surface area contributed by atoms with Crippen molar-refractivity contribution in [2.45, 2.75) is 32.7 Å². The molecule has 1 unspecified atom stereocenters. The van der Waals surface area contributed by atoms with Gasteiger partial charge in [0.2, 0.25) is 0 Å². The SMILES string of the molecule is CCCC(NC)c1cccc(Br)c1C. The van der Waals surface area contributed by atoms with Crippen LogP contribution in [0.5, 0.6) is 0 Å². The van der Waals surface area contributed by atoms with Crippen molar-refractivity contribution >= 4 is 15.9 Å². The first kappa shape index (κ1) is 11.7. The van der Waals surface area contributed by atoms with Crippen molar-refractivity contribution in [3.05, 3.63) is 33.8 Å². The standard InChI is InChI=1S/C12H18BrN/c1-4-6-12(14-3)10-7-5-8-11(13)9(10)2/h5,7-8,12,14H,4,6H2,1-3H3. The quantitative estimate of drug-likeness (QED) is 0.863. The Bertz CT molecular complexity index is 296. The summed E-state index contributed by atoms with van der Waals surface area (Å²) in [6.45, 7) is 4.39. The predicted octanol–water partition coefficient (Wildman–Crippen LogP) is 3.82. The molecule has 1 aromatic carbocycles. The molecular weight excluding hydrogens is 238 g/mol. The lowest BCUT2D eigenvalue weighted by Crippen LogP contribution is -2.17. The molecule has 0 aromatic heterocycles. The summed E-state index contributed by atoms with van der Waals surface area (Å²) in [6, 6.07) is 6.89. The second kappa shape index (κ2) is 5.52. The summed E-state index contributed by atoms with van der Waals surface area (Å²) >= 11 is 3.57. The fraction of sp³-hybridized carbons (Fsp3) is 0.500. The Morgan fingerprint density at radius 2 is 2.14 bits per heavy atom. The van der Waals surface area contributed by atoms with Crippen LogP contribution in [0.4, 0.5) is 0 Å². The monoisotopic (exact) mass is 255 g/mol. The molecule has 0 radical (unpaired) electrons. The summed E-state index contributed by atoms with van der Waals surface area (Å²) in [7, 11) is 2.03. The third kappa shape index (κ3) is 2.58. The van der Waals surface area contributed by atoms with Crippen molar-refractivity contribution in [1.29, 1.82) is 0 Å². The second-order valence-electron chi connectivity index (χ2n) is 3.58. The number of hydrogen-bond donors (Lipinski definition) is 1. The minimum absolute atomic E-state index is 0.484. The molecule has 0 aliphatic rings. The van der Waals surface area contributed by atoms with Gasteiger partial charge in [0.25, 0.3) is 0 Å². The van der Waals surface area contributed by atoms with Crippen LogP contribution in [-0.2, 0) is 0 Å². The maximum atomic E-state index is 3.57. The first-order valence-electron chi connectivity index (χ1n) is 5.13. The fourth-order valence-electron chi connectivity index (χ4n) is 1.75. The highest BCUT2D eigenvalue weighted by atomic mass is 79.9. The number of hydrogen-bond acceptors (Lipinski definition) is 1. The van der Waals surface area contributed by atoms with Gasteiger partial charge in [-0.25, -0.2) is 0 Å². The average molecular weight is 256 g/mol. The van der Waals surface area contributed by atoms with E-state index < -0.39 is 0 Å². The van der Waals surface area contributed by atoms with Gasteiger partial charge < -0.3 is 5.32 Å². The van der Waals surface area contributed by atoms with Gasteiger partial charge >= 0.3 is 0 Å². The molecule has 0 saturated carbocycles. The molecule has 1 atom stereocenters. The van der Waals surface area contributed by atoms with Crippen molar-refractivity contribution in [2.24, 2.45) is 0 Å². The third-order valence-electron chi connectivity index (χ3n) is 2.61. The topological polar surface area (TPSA) is 12.0 Å². The number of nitrogens with one attached hydrogen (secondary N) is 1. The molecule has 0 spiro atoms. The summed E-state index contributed by atoms with van der Waals surface area (Å²) in [4.78, 5) is 0. The lowest BCUT2D eigenvalue weighted by molar-refractivity contribution is 0.539. The summed E-state index contributed by atoms with van der Waals surface area (Å²) in [6.07, 6.45) is 2.39. The molecule has 0 bridgehead atoms. The van der Waals surface area contributed by atoms with Crippen molar-refractivity contribution in [2.75, 3.05) is 7.05 Å². The van der Waals surface area contributed by atoms with Gasteiger partial charge in [-0.2, -0.15) is 0 Å². The van der Waals surface area contributed by atoms with Gasteiger partial charge in [0.05, 0.1) is 0 Å². The van der Waals surface area contributed by atoms with Crippen molar-refractivity contribution in [1.82, 2.24) is 5.32 Å². The van der Waals surface area contributed by atoms with Crippen LogP contribution in [0.2, 0.25) is 0 Å². The van der Waals surface area contributed by atoms with Crippen LogP contribution in [0.15, 0.2) is 22.7 Å². The van der Waals surface area contributed by atoms with E-state index in [9.17, 15) is 0 Å². The molecule has 0 aliphatic heterocycles. The smallest absolute Gasteiger partial charge is 0.0320 e. The Labute approximate surface area is 95.0 Å². The van der Waals surface area contributed by atoms with E-state index in [1.54, 1.807) is 0 Å². The van der Waals surface area contributed by atoms with E-state index in [0.717, 1.165) is 0 Å². The van der Waals surface area contributed by atoms with Crippen LogP contribution in [0.25, 0.3) is 0 Å². The maximum Gasteiger partial charge on any atom is 0.0320 e. The Morgan fingerprint density at radius 1 is 1.43 bits per heavy atom. The van der Waals surface area contributed by atoms with Gasteiger partial charge in [-0.15, -0.1) is 0 Å². The molecule has 14 heavy (non-hydrogen) atoms. The maximum absolute atomic E-state index is 3.57. The summed E-state index contributed by atoms with van der Waals surface area (Å²) < 4.78 is 1.20. The first-order chi connectivity index (χ1) is 6.70. The highest BCUT2D eigenvalue weighted by Gasteiger charge is 2.11. The zero-order chi connectivity index (χ0) is 10.6. The molecule has 1 rings (SSSR count). The Balaban J connectivity index is 2.97. The number of halogens is 1. The van der Waals surface area contributed by atoms with Gasteiger partial charge in [-0.3, -0.25) is 0 Å². The summed E-state index contributed by atoms with van der Waals surface area (Å²) in [5.41, 5.74) is 2.75. The fourth-order valence-corrected chi connectivity index (χ4v) is 2.13. The van der Waals surface area contributed by atoms with Gasteiger partial charge in [0, 0.05) is 10.5 Å². The van der Waals surface area contributed by atoms with Gasteiger partial charge in [0.1, 0.15) is 0 Å². The van der Waals surface area contributed by atoms with Crippen LogP contribution in [0, 0.1) is 6.92 Å². The predicted molar refractivity (Wildman–Crippen MR) is 65.6 cm³/mol. The highest BCUT2D eigenvalue weighted by molar-refractivity contribution is 9.10. The van der Waals surface area contributed by atoms with E-state index in [-0.39, 0.29) is 0 Å². The van der Waals surface area contributed by atoms with Crippen molar-refractivity contribution in [3.8, 4) is 0 Å². The third-order valence-corrected chi connectivity index (χ3v) is 3.47. The van der Waals surface area contributed by atoms with E-state index in [2.05, 4.69) is 53.3 Å². The molecule has 0 fully saturated rings. The Morgan fingerprint density at radius 3 is 2.71 bits per heavy atom. The molecule has 0 saturated heterocycles. The molecule has 1 aromatic rings. The summed E-state index contributed by atoms with van der Waals surface area (Å²) in [5.74, 6) is 0. The van der Waals surface area contributed by atoms with E-state index in [1.807, 2.05) is 7.05 Å². The molecule has 2 heteroatoms. The molecule has 0 amide bonds. The van der Waals surface area contributed by atoms with Gasteiger partial charge in [-0.1, -0.05) is 41.4 Å². The molecular formula is C12H18BrN. The minimum atomic E-state index is 0.484. The number of rotatable bonds is 4. The van der Waals surface area contributed by atoms with E-state index in [4.69, 9.17) is 0 Å². The average Bonchev–Trinajstić information content (AvgIpc) is 2.19. The molecule has 0 aliphatic carbocycles.